The van der Waals surface area contributed by atoms with E-state index in [2.05, 4.69) is 15.3 Å². The molecule has 0 aliphatic carbocycles. The lowest BCUT2D eigenvalue weighted by Gasteiger charge is -2.09. The van der Waals surface area contributed by atoms with Crippen molar-refractivity contribution in [2.45, 2.75) is 25.8 Å². The van der Waals surface area contributed by atoms with Gasteiger partial charge < -0.3 is 5.32 Å². The van der Waals surface area contributed by atoms with Gasteiger partial charge in [0.25, 0.3) is 0 Å². The summed E-state index contributed by atoms with van der Waals surface area (Å²) in [5, 5.41) is 3.88. The Bertz CT molecular complexity index is 308. The monoisotopic (exact) mass is 197 g/mol. The van der Waals surface area contributed by atoms with Gasteiger partial charge in [0.1, 0.15) is 5.15 Å². The van der Waals surface area contributed by atoms with Crippen LogP contribution in [0, 0.1) is 6.92 Å². The van der Waals surface area contributed by atoms with Crippen molar-refractivity contribution in [3.63, 3.8) is 0 Å². The van der Waals surface area contributed by atoms with E-state index in [9.17, 15) is 0 Å². The molecule has 0 spiro atoms. The standard InChI is InChI=1S/C9H12ClN3/c1-6-9(10)12-5-8(13-6)7-3-2-4-11-7/h5,7,11H,2-4H2,1H3. The average molecular weight is 198 g/mol. The molecule has 2 heterocycles. The molecular formula is C9H12ClN3. The molecule has 1 atom stereocenters. The number of nitrogens with zero attached hydrogens (tertiary/aromatic N) is 2. The Morgan fingerprint density at radius 3 is 3.08 bits per heavy atom. The molecule has 13 heavy (non-hydrogen) atoms. The SMILES string of the molecule is Cc1nc(C2CCCN2)cnc1Cl. The predicted octanol–water partition coefficient (Wildman–Crippen LogP) is 1.86. The van der Waals surface area contributed by atoms with Gasteiger partial charge in [-0.25, -0.2) is 4.98 Å². The van der Waals surface area contributed by atoms with Gasteiger partial charge in [-0.1, -0.05) is 11.6 Å². The minimum Gasteiger partial charge on any atom is -0.309 e. The van der Waals surface area contributed by atoms with Gasteiger partial charge in [0.05, 0.1) is 23.6 Å². The summed E-state index contributed by atoms with van der Waals surface area (Å²) in [5.74, 6) is 0. The summed E-state index contributed by atoms with van der Waals surface area (Å²) in [6, 6.07) is 0.378. The first-order chi connectivity index (χ1) is 6.27. The van der Waals surface area contributed by atoms with Gasteiger partial charge in [-0.3, -0.25) is 4.98 Å². The number of aromatic nitrogens is 2. The summed E-state index contributed by atoms with van der Waals surface area (Å²) >= 11 is 5.79. The molecule has 4 heteroatoms. The second kappa shape index (κ2) is 3.60. The van der Waals surface area contributed by atoms with E-state index < -0.39 is 0 Å². The molecule has 1 saturated heterocycles. The summed E-state index contributed by atoms with van der Waals surface area (Å²) < 4.78 is 0. The van der Waals surface area contributed by atoms with Crippen molar-refractivity contribution in [1.29, 1.82) is 0 Å². The molecule has 1 aromatic rings. The van der Waals surface area contributed by atoms with Gasteiger partial charge >= 0.3 is 0 Å². The Hall–Kier alpha value is -0.670. The van der Waals surface area contributed by atoms with E-state index in [0.29, 0.717) is 11.2 Å². The molecule has 0 bridgehead atoms. The second-order valence-electron chi connectivity index (χ2n) is 3.32. The first-order valence-corrected chi connectivity index (χ1v) is 4.87. The molecule has 1 N–H and O–H groups in total. The Kier molecular flexibility index (Phi) is 2.47. The zero-order chi connectivity index (χ0) is 9.26. The topological polar surface area (TPSA) is 37.8 Å². The molecule has 0 amide bonds. The van der Waals surface area contributed by atoms with E-state index in [-0.39, 0.29) is 0 Å². The summed E-state index contributed by atoms with van der Waals surface area (Å²) in [5.41, 5.74) is 1.83. The van der Waals surface area contributed by atoms with Crippen molar-refractivity contribution >= 4 is 11.6 Å². The summed E-state index contributed by atoms with van der Waals surface area (Å²) in [6.07, 6.45) is 4.13. The molecule has 1 aliphatic rings. The summed E-state index contributed by atoms with van der Waals surface area (Å²) in [4.78, 5) is 8.48. The summed E-state index contributed by atoms with van der Waals surface area (Å²) in [6.45, 7) is 2.96. The molecule has 1 aromatic heterocycles. The third-order valence-corrected chi connectivity index (χ3v) is 2.69. The molecule has 0 aromatic carbocycles. The first-order valence-electron chi connectivity index (χ1n) is 4.50. The van der Waals surface area contributed by atoms with E-state index in [4.69, 9.17) is 11.6 Å². The quantitative estimate of drug-likeness (QED) is 0.747. The lowest BCUT2D eigenvalue weighted by molar-refractivity contribution is 0.622. The van der Waals surface area contributed by atoms with Crippen LogP contribution in [-0.2, 0) is 0 Å². The van der Waals surface area contributed by atoms with Crippen LogP contribution in [0.25, 0.3) is 0 Å². The maximum absolute atomic E-state index is 5.79. The fourth-order valence-electron chi connectivity index (χ4n) is 1.59. The third-order valence-electron chi connectivity index (χ3n) is 2.32. The van der Waals surface area contributed by atoms with E-state index in [1.165, 1.54) is 6.42 Å². The molecule has 1 aliphatic heterocycles. The zero-order valence-corrected chi connectivity index (χ0v) is 8.30. The van der Waals surface area contributed by atoms with Crippen molar-refractivity contribution in [2.75, 3.05) is 6.54 Å². The highest BCUT2D eigenvalue weighted by atomic mass is 35.5. The van der Waals surface area contributed by atoms with Crippen LogP contribution in [0.1, 0.15) is 30.3 Å². The maximum Gasteiger partial charge on any atom is 0.150 e. The maximum atomic E-state index is 5.79. The second-order valence-corrected chi connectivity index (χ2v) is 3.68. The number of hydrogen-bond acceptors (Lipinski definition) is 3. The van der Waals surface area contributed by atoms with Crippen LogP contribution in [0.4, 0.5) is 0 Å². The molecule has 0 saturated carbocycles. The van der Waals surface area contributed by atoms with Crippen LogP contribution >= 0.6 is 11.6 Å². The molecule has 70 valence electrons. The highest BCUT2D eigenvalue weighted by Crippen LogP contribution is 2.21. The van der Waals surface area contributed by atoms with Gasteiger partial charge in [-0.05, 0) is 26.3 Å². The van der Waals surface area contributed by atoms with Crippen LogP contribution in [0.3, 0.4) is 0 Å². The zero-order valence-electron chi connectivity index (χ0n) is 7.55. The van der Waals surface area contributed by atoms with Gasteiger partial charge in [-0.2, -0.15) is 0 Å². The summed E-state index contributed by atoms with van der Waals surface area (Å²) in [7, 11) is 0. The Balaban J connectivity index is 2.25. The molecule has 1 fully saturated rings. The fraction of sp³-hybridized carbons (Fsp3) is 0.556. The fourth-order valence-corrected chi connectivity index (χ4v) is 1.68. The largest absolute Gasteiger partial charge is 0.309 e. The molecule has 1 unspecified atom stereocenters. The lowest BCUT2D eigenvalue weighted by Crippen LogP contribution is -2.15. The van der Waals surface area contributed by atoms with E-state index in [1.807, 2.05) is 6.92 Å². The van der Waals surface area contributed by atoms with Crippen LogP contribution in [0.5, 0.6) is 0 Å². The highest BCUT2D eigenvalue weighted by Gasteiger charge is 2.18. The van der Waals surface area contributed by atoms with Crippen LogP contribution < -0.4 is 5.32 Å². The van der Waals surface area contributed by atoms with Gasteiger partial charge in [0.15, 0.2) is 0 Å². The van der Waals surface area contributed by atoms with Gasteiger partial charge in [-0.15, -0.1) is 0 Å². The number of nitrogens with one attached hydrogen (secondary N) is 1. The van der Waals surface area contributed by atoms with E-state index in [0.717, 1.165) is 24.4 Å². The van der Waals surface area contributed by atoms with Gasteiger partial charge in [0.2, 0.25) is 0 Å². The van der Waals surface area contributed by atoms with Crippen molar-refractivity contribution in [3.8, 4) is 0 Å². The number of aryl methyl sites for hydroxylation is 1. The van der Waals surface area contributed by atoms with Crippen molar-refractivity contribution in [2.24, 2.45) is 0 Å². The minimum absolute atomic E-state index is 0.378. The normalized spacial score (nSPS) is 22.2. The average Bonchev–Trinajstić information content (AvgIpc) is 2.62. The van der Waals surface area contributed by atoms with Crippen LogP contribution in [-0.4, -0.2) is 16.5 Å². The van der Waals surface area contributed by atoms with E-state index >= 15 is 0 Å². The third kappa shape index (κ3) is 1.81. The Morgan fingerprint density at radius 2 is 2.46 bits per heavy atom. The van der Waals surface area contributed by atoms with Crippen molar-refractivity contribution in [1.82, 2.24) is 15.3 Å². The van der Waals surface area contributed by atoms with Crippen molar-refractivity contribution < 1.29 is 0 Å². The predicted molar refractivity (Wildman–Crippen MR) is 51.8 cm³/mol. The first kappa shape index (κ1) is 8.91. The number of hydrogen-bond donors (Lipinski definition) is 1. The smallest absolute Gasteiger partial charge is 0.150 e. The lowest BCUT2D eigenvalue weighted by atomic mass is 10.2. The molecular weight excluding hydrogens is 186 g/mol. The minimum atomic E-state index is 0.378. The molecule has 3 nitrogen and oxygen atoms in total. The molecule has 2 rings (SSSR count). The van der Waals surface area contributed by atoms with Crippen LogP contribution in [0.2, 0.25) is 5.15 Å². The van der Waals surface area contributed by atoms with Crippen molar-refractivity contribution in [3.05, 3.63) is 22.7 Å². The highest BCUT2D eigenvalue weighted by molar-refractivity contribution is 6.29. The van der Waals surface area contributed by atoms with Crippen LogP contribution in [0.15, 0.2) is 6.20 Å². The Labute approximate surface area is 82.5 Å². The van der Waals surface area contributed by atoms with Gasteiger partial charge in [0, 0.05) is 0 Å². The number of rotatable bonds is 1. The molecule has 0 radical (unpaired) electrons. The number of halogens is 1. The Morgan fingerprint density at radius 1 is 1.62 bits per heavy atom. The van der Waals surface area contributed by atoms with E-state index in [1.54, 1.807) is 6.20 Å².